The van der Waals surface area contributed by atoms with Gasteiger partial charge in [-0.1, -0.05) is 18.2 Å². The summed E-state index contributed by atoms with van der Waals surface area (Å²) < 4.78 is 24.1. The number of hydrogen-bond acceptors (Lipinski definition) is 3. The number of primary sulfonamides is 1. The van der Waals surface area contributed by atoms with E-state index in [-0.39, 0.29) is 10.9 Å². The first-order valence-corrected chi connectivity index (χ1v) is 9.05. The number of hydrogen-bond donors (Lipinski definition) is 2. The first-order valence-electron chi connectivity index (χ1n) is 6.43. The lowest BCUT2D eigenvalue weighted by atomic mass is 10.1. The number of nitrogens with one attached hydrogen (secondary N) is 1. The van der Waals surface area contributed by atoms with Crippen LogP contribution in [0.1, 0.15) is 24.1 Å². The second kappa shape index (κ2) is 6.33. The van der Waals surface area contributed by atoms with E-state index in [1.807, 2.05) is 26.0 Å². The summed E-state index contributed by atoms with van der Waals surface area (Å²) in [6, 6.07) is 13.1. The van der Waals surface area contributed by atoms with Crippen LogP contribution in [0, 0.1) is 10.5 Å². The Bertz CT molecular complexity index is 743. The SMILES string of the molecule is Cc1ccc(S(N)(=O)=O)cc1NC(C)c1ccc(I)cc1. The molecule has 0 aliphatic carbocycles. The molecule has 0 aliphatic rings. The Labute approximate surface area is 138 Å². The Hall–Kier alpha value is -1.12. The van der Waals surface area contributed by atoms with Gasteiger partial charge in [0.15, 0.2) is 0 Å². The molecule has 0 saturated carbocycles. The Kier molecular flexibility index (Phi) is 4.90. The zero-order valence-electron chi connectivity index (χ0n) is 11.8. The molecule has 1 atom stereocenters. The van der Waals surface area contributed by atoms with Crippen molar-refractivity contribution in [2.75, 3.05) is 5.32 Å². The van der Waals surface area contributed by atoms with Crippen LogP contribution < -0.4 is 10.5 Å². The summed E-state index contributed by atoms with van der Waals surface area (Å²) in [5.41, 5.74) is 2.88. The molecule has 0 aromatic heterocycles. The molecule has 4 nitrogen and oxygen atoms in total. The number of halogens is 1. The van der Waals surface area contributed by atoms with Crippen molar-refractivity contribution >= 4 is 38.3 Å². The molecule has 3 N–H and O–H groups in total. The van der Waals surface area contributed by atoms with Crippen LogP contribution in [0.15, 0.2) is 47.4 Å². The van der Waals surface area contributed by atoms with Gasteiger partial charge >= 0.3 is 0 Å². The van der Waals surface area contributed by atoms with Gasteiger partial charge in [-0.25, -0.2) is 13.6 Å². The Morgan fingerprint density at radius 2 is 1.76 bits per heavy atom. The molecule has 6 heteroatoms. The maximum Gasteiger partial charge on any atom is 0.238 e. The molecular weight excluding hydrogens is 399 g/mol. The summed E-state index contributed by atoms with van der Waals surface area (Å²) in [7, 11) is -3.69. The number of benzene rings is 2. The van der Waals surface area contributed by atoms with E-state index in [4.69, 9.17) is 5.14 Å². The van der Waals surface area contributed by atoms with Gasteiger partial charge in [-0.2, -0.15) is 0 Å². The van der Waals surface area contributed by atoms with Crippen molar-refractivity contribution in [2.45, 2.75) is 24.8 Å². The fraction of sp³-hybridized carbons (Fsp3) is 0.200. The van der Waals surface area contributed by atoms with Crippen LogP contribution in [0.5, 0.6) is 0 Å². The highest BCUT2D eigenvalue weighted by atomic mass is 127. The average molecular weight is 416 g/mol. The molecule has 0 radical (unpaired) electrons. The lowest BCUT2D eigenvalue weighted by Crippen LogP contribution is -2.13. The van der Waals surface area contributed by atoms with Gasteiger partial charge in [-0.15, -0.1) is 0 Å². The Morgan fingerprint density at radius 3 is 2.33 bits per heavy atom. The minimum absolute atomic E-state index is 0.0661. The summed E-state index contributed by atoms with van der Waals surface area (Å²) in [5, 5.41) is 8.51. The van der Waals surface area contributed by atoms with Crippen LogP contribution in [0.4, 0.5) is 5.69 Å². The summed E-state index contributed by atoms with van der Waals surface area (Å²) in [4.78, 5) is 0.116. The van der Waals surface area contributed by atoms with Crippen LogP contribution in [0.3, 0.4) is 0 Å². The van der Waals surface area contributed by atoms with E-state index in [2.05, 4.69) is 40.0 Å². The molecule has 2 aromatic rings. The predicted molar refractivity (Wildman–Crippen MR) is 93.7 cm³/mol. The summed E-state index contributed by atoms with van der Waals surface area (Å²) in [6.07, 6.45) is 0. The van der Waals surface area contributed by atoms with E-state index in [1.54, 1.807) is 12.1 Å². The fourth-order valence-electron chi connectivity index (χ4n) is 2.00. The molecule has 0 bridgehead atoms. The van der Waals surface area contributed by atoms with Gasteiger partial charge < -0.3 is 5.32 Å². The van der Waals surface area contributed by atoms with Crippen molar-refractivity contribution in [1.82, 2.24) is 0 Å². The number of rotatable bonds is 4. The molecule has 1 unspecified atom stereocenters. The second-order valence-electron chi connectivity index (χ2n) is 4.94. The number of nitrogens with two attached hydrogens (primary N) is 1. The molecule has 2 aromatic carbocycles. The van der Waals surface area contributed by atoms with Crippen LogP contribution >= 0.6 is 22.6 Å². The number of sulfonamides is 1. The normalized spacial score (nSPS) is 13.0. The summed E-state index contributed by atoms with van der Waals surface area (Å²) in [6.45, 7) is 3.96. The smallest absolute Gasteiger partial charge is 0.238 e. The van der Waals surface area contributed by atoms with Gasteiger partial charge in [-0.05, 0) is 71.8 Å². The second-order valence-corrected chi connectivity index (χ2v) is 7.75. The molecule has 0 aliphatic heterocycles. The first-order chi connectivity index (χ1) is 9.77. The quantitative estimate of drug-likeness (QED) is 0.751. The molecule has 21 heavy (non-hydrogen) atoms. The van der Waals surface area contributed by atoms with Gasteiger partial charge in [0.2, 0.25) is 10.0 Å². The van der Waals surface area contributed by atoms with Crippen LogP contribution in [0.2, 0.25) is 0 Å². The highest BCUT2D eigenvalue weighted by Crippen LogP contribution is 2.25. The van der Waals surface area contributed by atoms with E-state index in [1.165, 1.54) is 9.64 Å². The fourth-order valence-corrected chi connectivity index (χ4v) is 2.90. The molecule has 0 saturated heterocycles. The van der Waals surface area contributed by atoms with Gasteiger partial charge in [0, 0.05) is 15.3 Å². The van der Waals surface area contributed by atoms with E-state index in [0.717, 1.165) is 16.8 Å². The van der Waals surface area contributed by atoms with Crippen molar-refractivity contribution < 1.29 is 8.42 Å². The van der Waals surface area contributed by atoms with Gasteiger partial charge in [0.05, 0.1) is 4.90 Å². The maximum atomic E-state index is 11.4. The van der Waals surface area contributed by atoms with E-state index < -0.39 is 10.0 Å². The Balaban J connectivity index is 2.28. The van der Waals surface area contributed by atoms with Crippen molar-refractivity contribution in [1.29, 1.82) is 0 Å². The molecule has 112 valence electrons. The van der Waals surface area contributed by atoms with Crippen molar-refractivity contribution in [3.63, 3.8) is 0 Å². The molecule has 0 spiro atoms. The van der Waals surface area contributed by atoms with Crippen molar-refractivity contribution in [2.24, 2.45) is 5.14 Å². The number of aryl methyl sites for hydroxylation is 1. The highest BCUT2D eigenvalue weighted by molar-refractivity contribution is 14.1. The van der Waals surface area contributed by atoms with E-state index in [0.29, 0.717) is 0 Å². The van der Waals surface area contributed by atoms with Crippen LogP contribution in [-0.2, 0) is 10.0 Å². The van der Waals surface area contributed by atoms with Gasteiger partial charge in [-0.3, -0.25) is 0 Å². The zero-order chi connectivity index (χ0) is 15.6. The third kappa shape index (κ3) is 4.18. The minimum atomic E-state index is -3.69. The summed E-state index contributed by atoms with van der Waals surface area (Å²) in [5.74, 6) is 0. The van der Waals surface area contributed by atoms with Crippen LogP contribution in [0.25, 0.3) is 0 Å². The topological polar surface area (TPSA) is 72.2 Å². The number of anilines is 1. The highest BCUT2D eigenvalue weighted by Gasteiger charge is 2.12. The van der Waals surface area contributed by atoms with Crippen LogP contribution in [-0.4, -0.2) is 8.42 Å². The standard InChI is InChI=1S/C15H17IN2O2S/c1-10-3-8-14(21(17,19)20)9-15(10)18-11(2)12-4-6-13(16)7-5-12/h3-9,11,18H,1-2H3,(H2,17,19,20). The molecule has 0 heterocycles. The average Bonchev–Trinajstić information content (AvgIpc) is 2.40. The monoisotopic (exact) mass is 416 g/mol. The van der Waals surface area contributed by atoms with Gasteiger partial charge in [0.25, 0.3) is 0 Å². The lowest BCUT2D eigenvalue weighted by molar-refractivity contribution is 0.598. The predicted octanol–water partition coefficient (Wildman–Crippen LogP) is 3.42. The summed E-state index contributed by atoms with van der Waals surface area (Å²) >= 11 is 2.26. The third-order valence-corrected chi connectivity index (χ3v) is 4.91. The lowest BCUT2D eigenvalue weighted by Gasteiger charge is -2.18. The molecule has 2 rings (SSSR count). The third-order valence-electron chi connectivity index (χ3n) is 3.28. The maximum absolute atomic E-state index is 11.4. The van der Waals surface area contributed by atoms with E-state index in [9.17, 15) is 8.42 Å². The van der Waals surface area contributed by atoms with Gasteiger partial charge in [0.1, 0.15) is 0 Å². The largest absolute Gasteiger partial charge is 0.378 e. The Morgan fingerprint density at radius 1 is 1.14 bits per heavy atom. The molecule has 0 fully saturated rings. The molecular formula is C15H17IN2O2S. The zero-order valence-corrected chi connectivity index (χ0v) is 14.8. The first kappa shape index (κ1) is 16.3. The van der Waals surface area contributed by atoms with Crippen molar-refractivity contribution in [3.05, 3.63) is 57.2 Å². The van der Waals surface area contributed by atoms with E-state index >= 15 is 0 Å². The minimum Gasteiger partial charge on any atom is -0.378 e. The van der Waals surface area contributed by atoms with Crippen molar-refractivity contribution in [3.8, 4) is 0 Å². The molecule has 0 amide bonds.